The number of hydrogen-bond donors (Lipinski definition) is 1. The van der Waals surface area contributed by atoms with Crippen LogP contribution in [0.1, 0.15) is 31.9 Å². The summed E-state index contributed by atoms with van der Waals surface area (Å²) in [5.41, 5.74) is 5.33. The Labute approximate surface area is 119 Å². The van der Waals surface area contributed by atoms with E-state index >= 15 is 0 Å². The van der Waals surface area contributed by atoms with Gasteiger partial charge in [0, 0.05) is 10.9 Å². The lowest BCUT2D eigenvalue weighted by Crippen LogP contribution is -2.16. The first-order chi connectivity index (χ1) is 9.01. The monoisotopic (exact) mass is 302 g/mol. The first-order valence-corrected chi connectivity index (χ1v) is 6.36. The summed E-state index contributed by atoms with van der Waals surface area (Å²) in [6.07, 6.45) is -4.46. The number of anilines is 1. The van der Waals surface area contributed by atoms with Crippen molar-refractivity contribution < 1.29 is 13.2 Å². The van der Waals surface area contributed by atoms with Crippen molar-refractivity contribution in [3.63, 3.8) is 0 Å². The summed E-state index contributed by atoms with van der Waals surface area (Å²) in [7, 11) is 0. The highest BCUT2D eigenvalue weighted by atomic mass is 35.5. The van der Waals surface area contributed by atoms with Crippen LogP contribution in [0, 0.1) is 0 Å². The molecule has 0 saturated heterocycles. The molecule has 0 aliphatic heterocycles. The van der Waals surface area contributed by atoms with Crippen molar-refractivity contribution >= 4 is 28.3 Å². The molecule has 0 spiro atoms. The maximum absolute atomic E-state index is 13.1. The van der Waals surface area contributed by atoms with Crippen LogP contribution in [0.5, 0.6) is 0 Å². The predicted octanol–water partition coefficient (Wildman–Crippen LogP) is 4.79. The number of benzene rings is 1. The largest absolute Gasteiger partial charge is 0.417 e. The summed E-state index contributed by atoms with van der Waals surface area (Å²) in [5.74, 6) is 0.200. The molecular weight excluding hydrogens is 289 g/mol. The molecular formula is C14H14ClF3N2. The van der Waals surface area contributed by atoms with Crippen molar-refractivity contribution in [1.29, 1.82) is 0 Å². The van der Waals surface area contributed by atoms with E-state index in [1.54, 1.807) is 0 Å². The van der Waals surface area contributed by atoms with Crippen molar-refractivity contribution in [2.45, 2.75) is 32.4 Å². The van der Waals surface area contributed by atoms with Gasteiger partial charge in [-0.1, -0.05) is 32.4 Å². The number of nitrogen functional groups attached to an aromatic ring is 1. The van der Waals surface area contributed by atoms with Crippen LogP contribution < -0.4 is 5.73 Å². The highest BCUT2D eigenvalue weighted by Gasteiger charge is 2.34. The van der Waals surface area contributed by atoms with E-state index in [2.05, 4.69) is 4.98 Å². The number of halogens is 4. The van der Waals surface area contributed by atoms with E-state index in [0.717, 1.165) is 6.07 Å². The van der Waals surface area contributed by atoms with Gasteiger partial charge in [0.25, 0.3) is 0 Å². The minimum absolute atomic E-state index is 0.0240. The van der Waals surface area contributed by atoms with E-state index in [1.165, 1.54) is 12.1 Å². The lowest BCUT2D eigenvalue weighted by atomic mass is 9.86. The molecule has 0 bridgehead atoms. The number of fused-ring (bicyclic) bond motifs is 1. The molecule has 0 atom stereocenters. The third-order valence-electron chi connectivity index (χ3n) is 3.08. The van der Waals surface area contributed by atoms with E-state index < -0.39 is 17.2 Å². The fourth-order valence-corrected chi connectivity index (χ4v) is 2.30. The Bertz CT molecular complexity index is 673. The molecule has 6 heteroatoms. The Morgan fingerprint density at radius 1 is 1.10 bits per heavy atom. The predicted molar refractivity (Wildman–Crippen MR) is 74.9 cm³/mol. The number of hydrogen-bond acceptors (Lipinski definition) is 2. The fourth-order valence-electron chi connectivity index (χ4n) is 2.09. The SMILES string of the molecule is CC(C)(C)c1cc2c(C(F)(F)F)ccc(Cl)c2nc1N. The number of nitrogens with zero attached hydrogens (tertiary/aromatic N) is 1. The molecule has 2 rings (SSSR count). The molecule has 20 heavy (non-hydrogen) atoms. The molecule has 0 aliphatic rings. The van der Waals surface area contributed by atoms with Crippen LogP contribution in [0.25, 0.3) is 10.9 Å². The number of aromatic nitrogens is 1. The molecule has 0 saturated carbocycles. The zero-order chi connectivity index (χ0) is 15.3. The van der Waals surface area contributed by atoms with Gasteiger partial charge in [-0.15, -0.1) is 0 Å². The molecule has 0 radical (unpaired) electrons. The normalized spacial score (nSPS) is 12.9. The summed E-state index contributed by atoms with van der Waals surface area (Å²) in [4.78, 5) is 4.06. The average Bonchev–Trinajstić information content (AvgIpc) is 2.26. The molecule has 108 valence electrons. The zero-order valence-electron chi connectivity index (χ0n) is 11.3. The molecule has 1 heterocycles. The number of pyridine rings is 1. The Hall–Kier alpha value is -1.49. The van der Waals surface area contributed by atoms with Crippen molar-refractivity contribution in [3.05, 3.63) is 34.3 Å². The summed E-state index contributed by atoms with van der Waals surface area (Å²) >= 11 is 5.93. The van der Waals surface area contributed by atoms with Gasteiger partial charge in [0.15, 0.2) is 0 Å². The molecule has 2 aromatic rings. The van der Waals surface area contributed by atoms with Crippen LogP contribution in [-0.2, 0) is 11.6 Å². The van der Waals surface area contributed by atoms with E-state index in [0.29, 0.717) is 5.56 Å². The van der Waals surface area contributed by atoms with Crippen LogP contribution in [0.2, 0.25) is 5.02 Å². The summed E-state index contributed by atoms with van der Waals surface area (Å²) < 4.78 is 39.2. The second-order valence-electron chi connectivity index (χ2n) is 5.66. The van der Waals surface area contributed by atoms with Gasteiger partial charge in [0.05, 0.1) is 16.1 Å². The van der Waals surface area contributed by atoms with Crippen LogP contribution in [0.3, 0.4) is 0 Å². The summed E-state index contributed by atoms with van der Waals surface area (Å²) in [6.45, 7) is 5.60. The lowest BCUT2D eigenvalue weighted by Gasteiger charge is -2.22. The van der Waals surface area contributed by atoms with Crippen LogP contribution in [-0.4, -0.2) is 4.98 Å². The van der Waals surface area contributed by atoms with Crippen molar-refractivity contribution in [2.24, 2.45) is 0 Å². The fraction of sp³-hybridized carbons (Fsp3) is 0.357. The standard InChI is InChI=1S/C14H14ClF3N2/c1-13(2,3)9-6-7-8(14(16,17)18)4-5-10(15)11(7)20-12(9)19/h4-6H,1-3H3,(H2,19,20). The maximum atomic E-state index is 13.1. The second-order valence-corrected chi connectivity index (χ2v) is 6.07. The summed E-state index contributed by atoms with van der Waals surface area (Å²) in [5, 5.41) is 0.129. The Kier molecular flexibility index (Phi) is 3.37. The van der Waals surface area contributed by atoms with Crippen LogP contribution in [0.15, 0.2) is 18.2 Å². The third kappa shape index (κ3) is 2.54. The average molecular weight is 303 g/mol. The van der Waals surface area contributed by atoms with Gasteiger partial charge < -0.3 is 5.73 Å². The Morgan fingerprint density at radius 2 is 1.70 bits per heavy atom. The molecule has 1 aromatic carbocycles. The molecule has 0 amide bonds. The third-order valence-corrected chi connectivity index (χ3v) is 3.38. The van der Waals surface area contributed by atoms with Gasteiger partial charge in [-0.2, -0.15) is 13.2 Å². The molecule has 0 unspecified atom stereocenters. The van der Waals surface area contributed by atoms with E-state index in [1.807, 2.05) is 20.8 Å². The highest BCUT2D eigenvalue weighted by Crippen LogP contribution is 2.39. The number of alkyl halides is 3. The van der Waals surface area contributed by atoms with Crippen LogP contribution in [0.4, 0.5) is 19.0 Å². The number of rotatable bonds is 0. The van der Waals surface area contributed by atoms with Crippen molar-refractivity contribution in [2.75, 3.05) is 5.73 Å². The number of nitrogens with two attached hydrogens (primary N) is 1. The molecule has 2 nitrogen and oxygen atoms in total. The molecule has 1 aromatic heterocycles. The zero-order valence-corrected chi connectivity index (χ0v) is 12.0. The Morgan fingerprint density at radius 3 is 2.20 bits per heavy atom. The Balaban J connectivity index is 2.90. The summed E-state index contributed by atoms with van der Waals surface area (Å²) in [6, 6.07) is 3.59. The smallest absolute Gasteiger partial charge is 0.383 e. The van der Waals surface area contributed by atoms with Gasteiger partial charge in [-0.25, -0.2) is 4.98 Å². The van der Waals surface area contributed by atoms with Gasteiger partial charge in [-0.3, -0.25) is 0 Å². The minimum Gasteiger partial charge on any atom is -0.383 e. The second kappa shape index (κ2) is 4.52. The van der Waals surface area contributed by atoms with E-state index in [-0.39, 0.29) is 21.7 Å². The molecule has 0 fully saturated rings. The van der Waals surface area contributed by atoms with Crippen molar-refractivity contribution in [3.8, 4) is 0 Å². The first-order valence-electron chi connectivity index (χ1n) is 5.98. The van der Waals surface area contributed by atoms with Gasteiger partial charge >= 0.3 is 6.18 Å². The van der Waals surface area contributed by atoms with Gasteiger partial charge in [-0.05, 0) is 23.6 Å². The molecule has 2 N–H and O–H groups in total. The highest BCUT2D eigenvalue weighted by molar-refractivity contribution is 6.35. The van der Waals surface area contributed by atoms with Gasteiger partial charge in [0.1, 0.15) is 5.82 Å². The minimum atomic E-state index is -4.46. The first kappa shape index (κ1) is 14.9. The van der Waals surface area contributed by atoms with Crippen LogP contribution >= 0.6 is 11.6 Å². The molecule has 0 aliphatic carbocycles. The van der Waals surface area contributed by atoms with E-state index in [9.17, 15) is 13.2 Å². The van der Waals surface area contributed by atoms with Crippen molar-refractivity contribution in [1.82, 2.24) is 4.98 Å². The topological polar surface area (TPSA) is 38.9 Å². The maximum Gasteiger partial charge on any atom is 0.417 e. The van der Waals surface area contributed by atoms with Gasteiger partial charge in [0.2, 0.25) is 0 Å². The van der Waals surface area contributed by atoms with E-state index in [4.69, 9.17) is 17.3 Å². The lowest BCUT2D eigenvalue weighted by molar-refractivity contribution is -0.136. The quantitative estimate of drug-likeness (QED) is 0.760.